The number of hydrogen-bond donors (Lipinski definition) is 2. The molecule has 1 fully saturated rings. The molecule has 1 aromatic carbocycles. The third-order valence-corrected chi connectivity index (χ3v) is 4.84. The Morgan fingerprint density at radius 3 is 2.50 bits per heavy atom. The largest absolute Gasteiger partial charge is 0.364 e. The summed E-state index contributed by atoms with van der Waals surface area (Å²) in [5.74, 6) is -0.904. The Morgan fingerprint density at radius 2 is 1.85 bits per heavy atom. The summed E-state index contributed by atoms with van der Waals surface area (Å²) in [6.45, 7) is 0. The lowest BCUT2D eigenvalue weighted by molar-refractivity contribution is 0.0997. The molecule has 134 valence electrons. The molecule has 26 heavy (non-hydrogen) atoms. The number of carbonyl (C=O) groups is 1. The van der Waals surface area contributed by atoms with Crippen molar-refractivity contribution in [2.24, 2.45) is 5.73 Å². The smallest absolute Gasteiger partial charge is 0.327 e. The first-order valence-corrected chi connectivity index (χ1v) is 8.62. The highest BCUT2D eigenvalue weighted by Gasteiger charge is 2.24. The molecule has 0 aliphatic heterocycles. The van der Waals surface area contributed by atoms with E-state index >= 15 is 0 Å². The lowest BCUT2D eigenvalue weighted by atomic mass is 9.95. The highest BCUT2D eigenvalue weighted by Crippen LogP contribution is 2.30. The number of rotatable bonds is 3. The van der Waals surface area contributed by atoms with Gasteiger partial charge in [-0.3, -0.25) is 9.36 Å². The highest BCUT2D eigenvalue weighted by atomic mass is 19.1. The molecule has 1 amide bonds. The van der Waals surface area contributed by atoms with Gasteiger partial charge in [-0.15, -0.1) is 0 Å². The van der Waals surface area contributed by atoms with Gasteiger partial charge in [-0.1, -0.05) is 19.3 Å². The first-order valence-electron chi connectivity index (χ1n) is 8.62. The van der Waals surface area contributed by atoms with Gasteiger partial charge in [-0.05, 0) is 37.1 Å². The van der Waals surface area contributed by atoms with Crippen molar-refractivity contribution >= 4 is 17.1 Å². The molecule has 0 radical (unpaired) electrons. The maximum Gasteiger partial charge on any atom is 0.327 e. The van der Waals surface area contributed by atoms with E-state index in [2.05, 4.69) is 15.0 Å². The zero-order valence-corrected chi connectivity index (χ0v) is 14.0. The normalized spacial score (nSPS) is 15.4. The Balaban J connectivity index is 1.96. The van der Waals surface area contributed by atoms with Crippen LogP contribution in [-0.2, 0) is 0 Å². The van der Waals surface area contributed by atoms with Crippen LogP contribution in [-0.4, -0.2) is 25.4 Å². The first-order chi connectivity index (χ1) is 12.5. The van der Waals surface area contributed by atoms with Crippen molar-refractivity contribution in [1.82, 2.24) is 19.5 Å². The lowest BCUT2D eigenvalue weighted by Gasteiger charge is -2.22. The predicted octanol–water partition coefficient (Wildman–Crippen LogP) is 2.53. The molecule has 4 rings (SSSR count). The molecule has 0 saturated heterocycles. The number of imidazole rings is 1. The predicted molar refractivity (Wildman–Crippen MR) is 94.2 cm³/mol. The molecule has 3 N–H and O–H groups in total. The van der Waals surface area contributed by atoms with E-state index < -0.39 is 5.91 Å². The molecule has 0 bridgehead atoms. The Morgan fingerprint density at radius 1 is 1.15 bits per heavy atom. The van der Waals surface area contributed by atoms with Crippen molar-refractivity contribution in [3.05, 3.63) is 46.3 Å². The van der Waals surface area contributed by atoms with Gasteiger partial charge in [-0.25, -0.2) is 19.2 Å². The molecular weight excluding hydrogens is 337 g/mol. The van der Waals surface area contributed by atoms with E-state index in [-0.39, 0.29) is 34.6 Å². The fourth-order valence-corrected chi connectivity index (χ4v) is 3.59. The van der Waals surface area contributed by atoms with Crippen LogP contribution in [0.2, 0.25) is 0 Å². The summed E-state index contributed by atoms with van der Waals surface area (Å²) in [4.78, 5) is 35.8. The van der Waals surface area contributed by atoms with E-state index in [9.17, 15) is 14.0 Å². The number of nitrogens with zero attached hydrogens (tertiary/aromatic N) is 3. The van der Waals surface area contributed by atoms with Gasteiger partial charge in [0.25, 0.3) is 5.91 Å². The van der Waals surface area contributed by atoms with E-state index in [0.717, 1.165) is 32.1 Å². The van der Waals surface area contributed by atoms with E-state index in [1.54, 1.807) is 4.57 Å². The quantitative estimate of drug-likeness (QED) is 0.753. The van der Waals surface area contributed by atoms with E-state index in [1.165, 1.54) is 24.3 Å². The summed E-state index contributed by atoms with van der Waals surface area (Å²) in [5, 5.41) is 0. The molecule has 1 aliphatic rings. The molecule has 2 aromatic heterocycles. The highest BCUT2D eigenvalue weighted by molar-refractivity contribution is 6.01. The number of benzene rings is 1. The van der Waals surface area contributed by atoms with Crippen LogP contribution in [0, 0.1) is 5.82 Å². The second-order valence-electron chi connectivity index (χ2n) is 6.56. The molecule has 7 nitrogen and oxygen atoms in total. The number of primary amides is 1. The zero-order valence-electron chi connectivity index (χ0n) is 14.0. The molecule has 8 heteroatoms. The van der Waals surface area contributed by atoms with E-state index in [0.29, 0.717) is 11.2 Å². The number of aromatic nitrogens is 4. The maximum atomic E-state index is 13.2. The van der Waals surface area contributed by atoms with Crippen molar-refractivity contribution in [1.29, 1.82) is 0 Å². The van der Waals surface area contributed by atoms with Crippen molar-refractivity contribution in [3.8, 4) is 11.4 Å². The number of amides is 1. The second-order valence-corrected chi connectivity index (χ2v) is 6.56. The summed E-state index contributed by atoms with van der Waals surface area (Å²) >= 11 is 0. The summed E-state index contributed by atoms with van der Waals surface area (Å²) in [7, 11) is 0. The minimum atomic E-state index is -0.752. The third-order valence-electron chi connectivity index (χ3n) is 4.84. The minimum Gasteiger partial charge on any atom is -0.364 e. The van der Waals surface area contributed by atoms with Gasteiger partial charge in [-0.2, -0.15) is 0 Å². The molecule has 2 heterocycles. The van der Waals surface area contributed by atoms with E-state index in [1.807, 2.05) is 0 Å². The van der Waals surface area contributed by atoms with E-state index in [4.69, 9.17) is 5.73 Å². The standard InChI is InChI=1S/C18H18FN5O2/c19-11-8-6-10(7-9-11)16-21-13(15(20)25)14-17(23-16)24(18(26)22-14)12-4-2-1-3-5-12/h6-9,12H,1-5H2,(H2,20,25)(H,22,26). The van der Waals surface area contributed by atoms with Crippen molar-refractivity contribution < 1.29 is 9.18 Å². The van der Waals surface area contributed by atoms with Gasteiger partial charge >= 0.3 is 5.69 Å². The van der Waals surface area contributed by atoms with Crippen LogP contribution in [0.3, 0.4) is 0 Å². The zero-order chi connectivity index (χ0) is 18.3. The minimum absolute atomic E-state index is 0.0293. The fourth-order valence-electron chi connectivity index (χ4n) is 3.59. The third kappa shape index (κ3) is 2.77. The Labute approximate surface area is 148 Å². The summed E-state index contributed by atoms with van der Waals surface area (Å²) in [5.41, 5.74) is 6.26. The van der Waals surface area contributed by atoms with Crippen molar-refractivity contribution in [2.75, 3.05) is 0 Å². The number of carbonyl (C=O) groups excluding carboxylic acids is 1. The molecule has 0 spiro atoms. The Kier molecular flexibility index (Phi) is 4.02. The molecule has 0 atom stereocenters. The first kappa shape index (κ1) is 16.4. The molecule has 1 saturated carbocycles. The average molecular weight is 355 g/mol. The summed E-state index contributed by atoms with van der Waals surface area (Å²) in [6, 6.07) is 5.66. The van der Waals surface area contributed by atoms with Crippen molar-refractivity contribution in [3.63, 3.8) is 0 Å². The van der Waals surface area contributed by atoms with Crippen LogP contribution >= 0.6 is 0 Å². The average Bonchev–Trinajstić information content (AvgIpc) is 2.97. The van der Waals surface area contributed by atoms with Crippen LogP contribution in [0.1, 0.15) is 48.6 Å². The van der Waals surface area contributed by atoms with Crippen LogP contribution in [0.4, 0.5) is 4.39 Å². The van der Waals surface area contributed by atoms with Gasteiger partial charge in [0.05, 0.1) is 0 Å². The Bertz CT molecular complexity index is 1030. The van der Waals surface area contributed by atoms with Gasteiger partial charge < -0.3 is 10.7 Å². The second kappa shape index (κ2) is 6.36. The number of hydrogen-bond acceptors (Lipinski definition) is 4. The van der Waals surface area contributed by atoms with Crippen LogP contribution in [0.15, 0.2) is 29.1 Å². The van der Waals surface area contributed by atoms with Crippen LogP contribution < -0.4 is 11.4 Å². The van der Waals surface area contributed by atoms with Gasteiger partial charge in [0, 0.05) is 11.6 Å². The SMILES string of the molecule is NC(=O)c1nc(-c2ccc(F)cc2)nc2c1[nH]c(=O)n2C1CCCCC1. The topological polar surface area (TPSA) is 107 Å². The monoisotopic (exact) mass is 355 g/mol. The molecule has 1 aliphatic carbocycles. The number of nitrogens with two attached hydrogens (primary N) is 1. The number of halogens is 1. The summed E-state index contributed by atoms with van der Waals surface area (Å²) < 4.78 is 14.8. The molecule has 0 unspecified atom stereocenters. The maximum absolute atomic E-state index is 13.2. The number of H-pyrrole nitrogens is 1. The number of fused-ring (bicyclic) bond motifs is 1. The fraction of sp³-hybridized carbons (Fsp3) is 0.333. The van der Waals surface area contributed by atoms with Crippen molar-refractivity contribution in [2.45, 2.75) is 38.1 Å². The van der Waals surface area contributed by atoms with Gasteiger partial charge in [0.1, 0.15) is 11.3 Å². The van der Waals surface area contributed by atoms with Crippen LogP contribution in [0.25, 0.3) is 22.6 Å². The molecule has 3 aromatic rings. The van der Waals surface area contributed by atoms with Crippen LogP contribution in [0.5, 0.6) is 0 Å². The number of aromatic amines is 1. The van der Waals surface area contributed by atoms with Gasteiger partial charge in [0.2, 0.25) is 0 Å². The molecular formula is C18H18FN5O2. The summed E-state index contributed by atoms with van der Waals surface area (Å²) in [6.07, 6.45) is 5.00. The lowest BCUT2D eigenvalue weighted by Crippen LogP contribution is -2.24. The number of nitrogens with one attached hydrogen (secondary N) is 1. The Hall–Kier alpha value is -3.03. The van der Waals surface area contributed by atoms with Gasteiger partial charge in [0.15, 0.2) is 17.2 Å².